The zero-order chi connectivity index (χ0) is 12.6. The Hall–Kier alpha value is -1.97. The van der Waals surface area contributed by atoms with Gasteiger partial charge in [-0.2, -0.15) is 0 Å². The summed E-state index contributed by atoms with van der Waals surface area (Å²) >= 11 is 0. The van der Waals surface area contributed by atoms with E-state index in [1.54, 1.807) is 12.1 Å². The van der Waals surface area contributed by atoms with Crippen molar-refractivity contribution < 1.29 is 13.9 Å². The third-order valence-electron chi connectivity index (χ3n) is 2.17. The van der Waals surface area contributed by atoms with Crippen molar-refractivity contribution in [3.63, 3.8) is 0 Å². The third kappa shape index (κ3) is 2.41. The summed E-state index contributed by atoms with van der Waals surface area (Å²) in [6.07, 6.45) is 0. The summed E-state index contributed by atoms with van der Waals surface area (Å²) in [6, 6.07) is 7.01. The lowest BCUT2D eigenvalue weighted by Gasteiger charge is -2.18. The lowest BCUT2D eigenvalue weighted by molar-refractivity contribution is 0.00383. The van der Waals surface area contributed by atoms with E-state index in [2.05, 4.69) is 0 Å². The van der Waals surface area contributed by atoms with Crippen molar-refractivity contribution in [3.05, 3.63) is 30.0 Å². The highest BCUT2D eigenvalue weighted by molar-refractivity contribution is 5.96. The molecular weight excluding hydrogens is 218 g/mol. The number of nitrogen functional groups attached to an aromatic ring is 1. The van der Waals surface area contributed by atoms with Crippen molar-refractivity contribution in [2.45, 2.75) is 26.4 Å². The third-order valence-corrected chi connectivity index (χ3v) is 2.17. The van der Waals surface area contributed by atoms with Gasteiger partial charge in [-0.1, -0.05) is 12.1 Å². The highest BCUT2D eigenvalue weighted by Crippen LogP contribution is 2.25. The zero-order valence-corrected chi connectivity index (χ0v) is 10.1. The monoisotopic (exact) mass is 233 g/mol. The van der Waals surface area contributed by atoms with Gasteiger partial charge in [-0.05, 0) is 32.9 Å². The van der Waals surface area contributed by atoms with Gasteiger partial charge in [0, 0.05) is 5.39 Å². The molecule has 0 amide bonds. The van der Waals surface area contributed by atoms with Crippen LogP contribution >= 0.6 is 0 Å². The molecule has 1 aromatic heterocycles. The smallest absolute Gasteiger partial charge is 0.374 e. The van der Waals surface area contributed by atoms with Crippen molar-refractivity contribution in [2.75, 3.05) is 5.73 Å². The standard InChI is InChI=1S/C13H15NO3/c1-13(2,3)17-12(15)10-7-8-5-4-6-9(14)11(8)16-10/h4-7H,14H2,1-3H3. The second-order valence-electron chi connectivity index (χ2n) is 4.88. The topological polar surface area (TPSA) is 65.5 Å². The van der Waals surface area contributed by atoms with Crippen molar-refractivity contribution >= 4 is 22.6 Å². The largest absolute Gasteiger partial charge is 0.454 e. The van der Waals surface area contributed by atoms with Crippen molar-refractivity contribution in [1.82, 2.24) is 0 Å². The van der Waals surface area contributed by atoms with Gasteiger partial charge in [-0.25, -0.2) is 4.79 Å². The number of hydrogen-bond donors (Lipinski definition) is 1. The van der Waals surface area contributed by atoms with Crippen LogP contribution in [0.5, 0.6) is 0 Å². The van der Waals surface area contributed by atoms with Crippen molar-refractivity contribution in [3.8, 4) is 0 Å². The number of furan rings is 1. The van der Waals surface area contributed by atoms with Gasteiger partial charge in [0.2, 0.25) is 5.76 Å². The molecule has 1 heterocycles. The first-order valence-corrected chi connectivity index (χ1v) is 5.38. The summed E-state index contributed by atoms with van der Waals surface area (Å²) in [5, 5.41) is 0.797. The Bertz CT molecular complexity index is 564. The predicted octanol–water partition coefficient (Wildman–Crippen LogP) is 2.97. The molecular formula is C13H15NO3. The number of benzene rings is 1. The van der Waals surface area contributed by atoms with Crippen LogP contribution < -0.4 is 5.73 Å². The van der Waals surface area contributed by atoms with E-state index in [-0.39, 0.29) is 5.76 Å². The predicted molar refractivity (Wildman–Crippen MR) is 65.8 cm³/mol. The van der Waals surface area contributed by atoms with Crippen molar-refractivity contribution in [1.29, 1.82) is 0 Å². The van der Waals surface area contributed by atoms with Crippen LogP contribution in [-0.2, 0) is 4.74 Å². The van der Waals surface area contributed by atoms with E-state index in [4.69, 9.17) is 14.9 Å². The molecule has 17 heavy (non-hydrogen) atoms. The quantitative estimate of drug-likeness (QED) is 0.607. The number of esters is 1. The van der Waals surface area contributed by atoms with Crippen molar-refractivity contribution in [2.24, 2.45) is 0 Å². The van der Waals surface area contributed by atoms with Gasteiger partial charge in [0.25, 0.3) is 0 Å². The molecule has 0 saturated carbocycles. The average molecular weight is 233 g/mol. The SMILES string of the molecule is CC(C)(C)OC(=O)c1cc2cccc(N)c2o1. The first-order chi connectivity index (χ1) is 7.87. The number of carbonyl (C=O) groups excluding carboxylic acids is 1. The number of rotatable bonds is 1. The first-order valence-electron chi connectivity index (χ1n) is 5.38. The molecule has 0 aliphatic carbocycles. The maximum atomic E-state index is 11.8. The molecule has 0 radical (unpaired) electrons. The van der Waals surface area contributed by atoms with Crippen LogP contribution in [0.4, 0.5) is 5.69 Å². The van der Waals surface area contributed by atoms with E-state index in [1.807, 2.05) is 32.9 Å². The minimum absolute atomic E-state index is 0.174. The van der Waals surface area contributed by atoms with Crippen LogP contribution in [-0.4, -0.2) is 11.6 Å². The summed E-state index contributed by atoms with van der Waals surface area (Å²) in [5.41, 5.74) is 6.24. The molecule has 0 aliphatic heterocycles. The van der Waals surface area contributed by atoms with Crippen LogP contribution in [0.2, 0.25) is 0 Å². The molecule has 0 atom stereocenters. The van der Waals surface area contributed by atoms with E-state index >= 15 is 0 Å². The summed E-state index contributed by atoms with van der Waals surface area (Å²) in [6.45, 7) is 5.42. The molecule has 0 aliphatic rings. The highest BCUT2D eigenvalue weighted by Gasteiger charge is 2.21. The Kier molecular flexibility index (Phi) is 2.58. The van der Waals surface area contributed by atoms with Crippen LogP contribution in [0.3, 0.4) is 0 Å². The van der Waals surface area contributed by atoms with E-state index in [9.17, 15) is 4.79 Å². The lowest BCUT2D eigenvalue weighted by atomic mass is 10.2. The summed E-state index contributed by atoms with van der Waals surface area (Å²) in [4.78, 5) is 11.8. The molecule has 0 saturated heterocycles. The Balaban J connectivity index is 2.37. The van der Waals surface area contributed by atoms with Crippen LogP contribution in [0, 0.1) is 0 Å². The first kappa shape index (κ1) is 11.5. The molecule has 4 nitrogen and oxygen atoms in total. The molecule has 0 bridgehead atoms. The molecule has 2 rings (SSSR count). The second kappa shape index (κ2) is 3.80. The lowest BCUT2D eigenvalue weighted by Crippen LogP contribution is -2.23. The van der Waals surface area contributed by atoms with Gasteiger partial charge in [-0.3, -0.25) is 0 Å². The molecule has 0 unspecified atom stereocenters. The van der Waals surface area contributed by atoms with E-state index in [0.717, 1.165) is 5.39 Å². The molecule has 2 aromatic rings. The van der Waals surface area contributed by atoms with E-state index < -0.39 is 11.6 Å². The number of para-hydroxylation sites is 1. The fraction of sp³-hybridized carbons (Fsp3) is 0.308. The Morgan fingerprint density at radius 2 is 2.06 bits per heavy atom. The number of ether oxygens (including phenoxy) is 1. The van der Waals surface area contributed by atoms with Gasteiger partial charge in [0.1, 0.15) is 5.60 Å². The summed E-state index contributed by atoms with van der Waals surface area (Å²) < 4.78 is 10.6. The van der Waals surface area contributed by atoms with Gasteiger partial charge in [0.15, 0.2) is 5.58 Å². The summed E-state index contributed by atoms with van der Waals surface area (Å²) in [5.74, 6) is -0.305. The molecule has 0 fully saturated rings. The maximum Gasteiger partial charge on any atom is 0.374 e. The second-order valence-corrected chi connectivity index (χ2v) is 4.88. The zero-order valence-electron chi connectivity index (χ0n) is 10.1. The molecule has 4 heteroatoms. The Morgan fingerprint density at radius 3 is 2.65 bits per heavy atom. The van der Waals surface area contributed by atoms with Crippen LogP contribution in [0.25, 0.3) is 11.0 Å². The fourth-order valence-corrected chi connectivity index (χ4v) is 1.51. The number of fused-ring (bicyclic) bond motifs is 1. The normalized spacial score (nSPS) is 11.7. The number of anilines is 1. The fourth-order valence-electron chi connectivity index (χ4n) is 1.51. The van der Waals surface area contributed by atoms with Gasteiger partial charge < -0.3 is 14.9 Å². The number of carbonyl (C=O) groups is 1. The Morgan fingerprint density at radius 1 is 1.35 bits per heavy atom. The maximum absolute atomic E-state index is 11.8. The van der Waals surface area contributed by atoms with Gasteiger partial charge in [-0.15, -0.1) is 0 Å². The minimum atomic E-state index is -0.540. The molecule has 90 valence electrons. The van der Waals surface area contributed by atoms with Crippen LogP contribution in [0.15, 0.2) is 28.7 Å². The van der Waals surface area contributed by atoms with E-state index in [1.165, 1.54) is 0 Å². The molecule has 1 aromatic carbocycles. The van der Waals surface area contributed by atoms with Crippen LogP contribution in [0.1, 0.15) is 31.3 Å². The average Bonchev–Trinajstić information content (AvgIpc) is 2.60. The molecule has 2 N–H and O–H groups in total. The highest BCUT2D eigenvalue weighted by atomic mass is 16.6. The minimum Gasteiger partial charge on any atom is -0.454 e. The summed E-state index contributed by atoms with van der Waals surface area (Å²) in [7, 11) is 0. The number of nitrogens with two attached hydrogens (primary N) is 1. The van der Waals surface area contributed by atoms with Gasteiger partial charge >= 0.3 is 5.97 Å². The van der Waals surface area contributed by atoms with Gasteiger partial charge in [0.05, 0.1) is 5.69 Å². The number of hydrogen-bond acceptors (Lipinski definition) is 4. The Labute approximate surface area is 99.3 Å². The molecule has 0 spiro atoms. The van der Waals surface area contributed by atoms with E-state index in [0.29, 0.717) is 11.3 Å².